The van der Waals surface area contributed by atoms with E-state index in [0.29, 0.717) is 23.4 Å². The standard InChI is InChI=1S/C30H36N4O6S/c1-20(2)18-27(28(35)31-22-12-8-5-9-13-22)34(23-14-16-24(40-3)17-15-23)29(36)26-19-25(21-10-6-4-7-11-21)32-30(33-26)41(37,38)39/h4,6-7,10-11,14-17,19-20,22,27H,5,8-9,12-13,18H2,1-3H3,(H,31,35)(H,37,38,39). The summed E-state index contributed by atoms with van der Waals surface area (Å²) in [5, 5.41) is 2.25. The average molecular weight is 581 g/mol. The number of carbonyl (C=O) groups excluding carboxylic acids is 2. The van der Waals surface area contributed by atoms with Gasteiger partial charge in [-0.15, -0.1) is 0 Å². The second-order valence-electron chi connectivity index (χ2n) is 10.6. The molecule has 1 aliphatic carbocycles. The molecule has 0 saturated heterocycles. The van der Waals surface area contributed by atoms with Crippen LogP contribution in [0.4, 0.5) is 5.69 Å². The smallest absolute Gasteiger partial charge is 0.330 e. The van der Waals surface area contributed by atoms with Crippen LogP contribution in [-0.4, -0.2) is 53.9 Å². The first kappa shape index (κ1) is 30.1. The lowest BCUT2D eigenvalue weighted by molar-refractivity contribution is -0.123. The number of carbonyl (C=O) groups is 2. The summed E-state index contributed by atoms with van der Waals surface area (Å²) < 4.78 is 39.4. The Balaban J connectivity index is 1.84. The maximum atomic E-state index is 14.3. The lowest BCUT2D eigenvalue weighted by Gasteiger charge is -2.34. The van der Waals surface area contributed by atoms with Gasteiger partial charge in [-0.25, -0.2) is 9.97 Å². The Morgan fingerprint density at radius 1 is 1.02 bits per heavy atom. The molecule has 1 saturated carbocycles. The van der Waals surface area contributed by atoms with Gasteiger partial charge in [0.25, 0.3) is 11.1 Å². The van der Waals surface area contributed by atoms with Crippen LogP contribution in [0.15, 0.2) is 65.8 Å². The van der Waals surface area contributed by atoms with Crippen molar-refractivity contribution < 1.29 is 27.3 Å². The quantitative estimate of drug-likeness (QED) is 0.255. The van der Waals surface area contributed by atoms with Crippen molar-refractivity contribution in [1.82, 2.24) is 15.3 Å². The van der Waals surface area contributed by atoms with Gasteiger partial charge in [0.1, 0.15) is 17.5 Å². The number of nitrogens with zero attached hydrogens (tertiary/aromatic N) is 3. The Kier molecular flexibility index (Phi) is 9.72. The largest absolute Gasteiger partial charge is 0.497 e. The number of rotatable bonds is 10. The van der Waals surface area contributed by atoms with E-state index in [-0.39, 0.29) is 29.3 Å². The SMILES string of the molecule is COc1ccc(N(C(=O)c2cc(-c3ccccc3)nc(S(=O)(=O)O)n2)C(CC(C)C)C(=O)NC2CCCCC2)cc1. The highest BCUT2D eigenvalue weighted by Gasteiger charge is 2.35. The fraction of sp³-hybridized carbons (Fsp3) is 0.400. The summed E-state index contributed by atoms with van der Waals surface area (Å²) >= 11 is 0. The predicted octanol–water partition coefficient (Wildman–Crippen LogP) is 4.91. The number of ether oxygens (including phenoxy) is 1. The maximum absolute atomic E-state index is 14.3. The first-order valence-corrected chi connectivity index (χ1v) is 15.2. The zero-order valence-electron chi connectivity index (χ0n) is 23.5. The summed E-state index contributed by atoms with van der Waals surface area (Å²) in [6.07, 6.45) is 5.29. The van der Waals surface area contributed by atoms with Crippen molar-refractivity contribution in [3.8, 4) is 17.0 Å². The molecule has 4 rings (SSSR count). The second-order valence-corrected chi connectivity index (χ2v) is 11.9. The number of hydrogen-bond acceptors (Lipinski definition) is 7. The predicted molar refractivity (Wildman–Crippen MR) is 155 cm³/mol. The van der Waals surface area contributed by atoms with Crippen LogP contribution in [0.3, 0.4) is 0 Å². The van der Waals surface area contributed by atoms with Crippen molar-refractivity contribution in [2.75, 3.05) is 12.0 Å². The molecule has 41 heavy (non-hydrogen) atoms. The Labute approximate surface area is 240 Å². The fourth-order valence-corrected chi connectivity index (χ4v) is 5.46. The molecule has 11 heteroatoms. The molecule has 0 bridgehead atoms. The topological polar surface area (TPSA) is 139 Å². The number of aromatic nitrogens is 2. The molecule has 1 aromatic heterocycles. The molecular weight excluding hydrogens is 544 g/mol. The van der Waals surface area contributed by atoms with Crippen LogP contribution in [0, 0.1) is 5.92 Å². The van der Waals surface area contributed by atoms with E-state index in [2.05, 4.69) is 15.3 Å². The molecule has 218 valence electrons. The Morgan fingerprint density at radius 3 is 2.27 bits per heavy atom. The van der Waals surface area contributed by atoms with E-state index in [0.717, 1.165) is 32.1 Å². The molecule has 3 aromatic rings. The van der Waals surface area contributed by atoms with E-state index in [1.54, 1.807) is 54.6 Å². The van der Waals surface area contributed by atoms with Crippen LogP contribution in [0.2, 0.25) is 0 Å². The summed E-state index contributed by atoms with van der Waals surface area (Å²) in [4.78, 5) is 37.5. The number of benzene rings is 2. The van der Waals surface area contributed by atoms with Crippen molar-refractivity contribution in [1.29, 1.82) is 0 Å². The highest BCUT2D eigenvalue weighted by atomic mass is 32.2. The molecule has 0 aliphatic heterocycles. The molecule has 2 amide bonds. The summed E-state index contributed by atoms with van der Waals surface area (Å²) in [5.41, 5.74) is 0.798. The molecule has 1 fully saturated rings. The van der Waals surface area contributed by atoms with Crippen molar-refractivity contribution in [3.05, 3.63) is 66.4 Å². The third kappa shape index (κ3) is 7.68. The van der Waals surface area contributed by atoms with E-state index in [1.165, 1.54) is 18.1 Å². The molecular formula is C30H36N4O6S. The highest BCUT2D eigenvalue weighted by Crippen LogP contribution is 2.28. The molecule has 1 heterocycles. The Hall–Kier alpha value is -3.83. The van der Waals surface area contributed by atoms with Gasteiger partial charge < -0.3 is 10.1 Å². The van der Waals surface area contributed by atoms with Gasteiger partial charge in [0.2, 0.25) is 5.91 Å². The van der Waals surface area contributed by atoms with Crippen LogP contribution < -0.4 is 15.0 Å². The van der Waals surface area contributed by atoms with Gasteiger partial charge in [-0.2, -0.15) is 8.42 Å². The van der Waals surface area contributed by atoms with Gasteiger partial charge in [-0.1, -0.05) is 63.4 Å². The van der Waals surface area contributed by atoms with Crippen LogP contribution >= 0.6 is 0 Å². The molecule has 10 nitrogen and oxygen atoms in total. The normalized spacial score (nSPS) is 14.9. The van der Waals surface area contributed by atoms with E-state index in [4.69, 9.17) is 4.74 Å². The minimum Gasteiger partial charge on any atom is -0.497 e. The lowest BCUT2D eigenvalue weighted by atomic mass is 9.94. The molecule has 1 unspecified atom stereocenters. The highest BCUT2D eigenvalue weighted by molar-refractivity contribution is 7.85. The van der Waals surface area contributed by atoms with Gasteiger partial charge in [0, 0.05) is 17.3 Å². The zero-order valence-corrected chi connectivity index (χ0v) is 24.3. The van der Waals surface area contributed by atoms with Crippen molar-refractivity contribution in [2.24, 2.45) is 5.92 Å². The summed E-state index contributed by atoms with van der Waals surface area (Å²) in [6.45, 7) is 3.93. The van der Waals surface area contributed by atoms with Crippen LogP contribution in [-0.2, 0) is 14.9 Å². The summed E-state index contributed by atoms with van der Waals surface area (Å²) in [7, 11) is -3.32. The van der Waals surface area contributed by atoms with Crippen LogP contribution in [0.25, 0.3) is 11.3 Å². The molecule has 0 radical (unpaired) electrons. The van der Waals surface area contributed by atoms with Crippen LogP contribution in [0.1, 0.15) is 62.9 Å². The van der Waals surface area contributed by atoms with Gasteiger partial charge in [-0.3, -0.25) is 19.0 Å². The first-order valence-electron chi connectivity index (χ1n) is 13.8. The van der Waals surface area contributed by atoms with Gasteiger partial charge in [0.15, 0.2) is 0 Å². The van der Waals surface area contributed by atoms with Crippen molar-refractivity contribution in [2.45, 2.75) is 69.6 Å². The third-order valence-electron chi connectivity index (χ3n) is 7.05. The van der Waals surface area contributed by atoms with Crippen molar-refractivity contribution >= 4 is 27.6 Å². The summed E-state index contributed by atoms with van der Waals surface area (Å²) in [6, 6.07) is 15.8. The fourth-order valence-electron chi connectivity index (χ4n) is 5.03. The second kappa shape index (κ2) is 13.2. The Morgan fingerprint density at radius 2 is 1.68 bits per heavy atom. The maximum Gasteiger partial charge on any atom is 0.330 e. The molecule has 1 aliphatic rings. The lowest BCUT2D eigenvalue weighted by Crippen LogP contribution is -2.53. The minimum absolute atomic E-state index is 0.0219. The van der Waals surface area contributed by atoms with E-state index in [9.17, 15) is 22.6 Å². The van der Waals surface area contributed by atoms with Crippen molar-refractivity contribution in [3.63, 3.8) is 0 Å². The van der Waals surface area contributed by atoms with E-state index in [1.807, 2.05) is 13.8 Å². The van der Waals surface area contributed by atoms with Gasteiger partial charge in [-0.05, 0) is 55.5 Å². The zero-order chi connectivity index (χ0) is 29.6. The van der Waals surface area contributed by atoms with Crippen LogP contribution in [0.5, 0.6) is 5.75 Å². The van der Waals surface area contributed by atoms with Gasteiger partial charge >= 0.3 is 10.1 Å². The minimum atomic E-state index is -4.85. The third-order valence-corrected chi connectivity index (χ3v) is 7.70. The van der Waals surface area contributed by atoms with Gasteiger partial charge in [0.05, 0.1) is 12.8 Å². The molecule has 0 spiro atoms. The monoisotopic (exact) mass is 580 g/mol. The molecule has 2 N–H and O–H groups in total. The number of nitrogens with one attached hydrogen (secondary N) is 1. The number of methoxy groups -OCH3 is 1. The first-order chi connectivity index (χ1) is 19.6. The molecule has 1 atom stereocenters. The summed E-state index contributed by atoms with van der Waals surface area (Å²) in [5.74, 6) is -0.384. The van der Waals surface area contributed by atoms with E-state index < -0.39 is 27.2 Å². The number of amides is 2. The average Bonchev–Trinajstić information content (AvgIpc) is 2.97. The number of hydrogen-bond donors (Lipinski definition) is 2. The number of anilines is 1. The Bertz CT molecular complexity index is 1460. The molecule has 2 aromatic carbocycles. The van der Waals surface area contributed by atoms with E-state index >= 15 is 0 Å².